The molecule has 4 aromatic rings. The van der Waals surface area contributed by atoms with Crippen LogP contribution in [0.2, 0.25) is 0 Å². The van der Waals surface area contributed by atoms with E-state index >= 15 is 0 Å². The fourth-order valence-electron chi connectivity index (χ4n) is 3.05. The lowest BCUT2D eigenvalue weighted by Gasteiger charge is -2.12. The molecule has 1 N–H and O–H groups in total. The van der Waals surface area contributed by atoms with Gasteiger partial charge in [0.15, 0.2) is 0 Å². The van der Waals surface area contributed by atoms with Gasteiger partial charge in [0.1, 0.15) is 11.6 Å². The zero-order valence-corrected chi connectivity index (χ0v) is 15.5. The minimum Gasteiger partial charge on any atom is -0.354 e. The number of rotatable bonds is 6. The summed E-state index contributed by atoms with van der Waals surface area (Å²) < 4.78 is 27.1. The lowest BCUT2D eigenvalue weighted by atomic mass is 10.0. The topological polar surface area (TPSA) is 50.7 Å². The standard InChI is InChI=1S/C23H18F2N4/c24-19-7-5-16(6-8-19)20-15-28-23(29-22(20)18-9-12-26-13-10-18)27-14-11-17-3-1-2-4-21(17)25/h1-10,12-13,15H,11,14H2,(H,27,28,29). The Morgan fingerprint density at radius 2 is 1.59 bits per heavy atom. The maximum absolute atomic E-state index is 13.8. The van der Waals surface area contributed by atoms with Crippen molar-refractivity contribution in [2.75, 3.05) is 11.9 Å². The van der Waals surface area contributed by atoms with Crippen molar-refractivity contribution < 1.29 is 8.78 Å². The lowest BCUT2D eigenvalue weighted by Crippen LogP contribution is -2.09. The largest absolute Gasteiger partial charge is 0.354 e. The van der Waals surface area contributed by atoms with Gasteiger partial charge in [-0.25, -0.2) is 18.7 Å². The van der Waals surface area contributed by atoms with Crippen LogP contribution in [0.15, 0.2) is 79.3 Å². The summed E-state index contributed by atoms with van der Waals surface area (Å²) in [5.41, 5.74) is 3.82. The lowest BCUT2D eigenvalue weighted by molar-refractivity contribution is 0.610. The smallest absolute Gasteiger partial charge is 0.223 e. The minimum atomic E-state index is -0.299. The quantitative estimate of drug-likeness (QED) is 0.497. The summed E-state index contributed by atoms with van der Waals surface area (Å²) in [6.07, 6.45) is 5.61. The number of hydrogen-bond donors (Lipinski definition) is 1. The first-order chi connectivity index (χ1) is 14.2. The van der Waals surface area contributed by atoms with Crippen LogP contribution in [0.4, 0.5) is 14.7 Å². The van der Waals surface area contributed by atoms with Gasteiger partial charge < -0.3 is 5.32 Å². The SMILES string of the molecule is Fc1ccc(-c2cnc(NCCc3ccccc3F)nc2-c2ccncc2)cc1. The van der Waals surface area contributed by atoms with E-state index in [1.165, 1.54) is 18.2 Å². The summed E-state index contributed by atoms with van der Waals surface area (Å²) in [5.74, 6) is -0.0788. The summed E-state index contributed by atoms with van der Waals surface area (Å²) in [6, 6.07) is 16.6. The van der Waals surface area contributed by atoms with Crippen molar-refractivity contribution in [3.8, 4) is 22.4 Å². The van der Waals surface area contributed by atoms with Crippen molar-refractivity contribution in [3.63, 3.8) is 0 Å². The minimum absolute atomic E-state index is 0.223. The van der Waals surface area contributed by atoms with Crippen LogP contribution in [0.3, 0.4) is 0 Å². The van der Waals surface area contributed by atoms with E-state index < -0.39 is 0 Å². The number of pyridine rings is 1. The second-order valence-electron chi connectivity index (χ2n) is 6.47. The average molecular weight is 388 g/mol. The summed E-state index contributed by atoms with van der Waals surface area (Å²) in [4.78, 5) is 13.1. The predicted molar refractivity (Wildman–Crippen MR) is 109 cm³/mol. The molecule has 4 rings (SSSR count). The van der Waals surface area contributed by atoms with Crippen molar-refractivity contribution in [1.29, 1.82) is 0 Å². The molecule has 0 aliphatic carbocycles. The number of aromatic nitrogens is 3. The molecule has 0 amide bonds. The molecule has 0 aliphatic heterocycles. The highest BCUT2D eigenvalue weighted by Gasteiger charge is 2.12. The first-order valence-corrected chi connectivity index (χ1v) is 9.21. The van der Waals surface area contributed by atoms with Gasteiger partial charge in [-0.2, -0.15) is 0 Å². The van der Waals surface area contributed by atoms with E-state index in [0.717, 1.165) is 16.7 Å². The molecule has 0 aliphatic rings. The molecule has 2 aromatic carbocycles. The van der Waals surface area contributed by atoms with Gasteiger partial charge in [0.05, 0.1) is 5.69 Å². The average Bonchev–Trinajstić information content (AvgIpc) is 2.76. The Morgan fingerprint density at radius 1 is 0.828 bits per heavy atom. The Bertz CT molecular complexity index is 1100. The van der Waals surface area contributed by atoms with Crippen LogP contribution in [-0.4, -0.2) is 21.5 Å². The van der Waals surface area contributed by atoms with E-state index in [-0.39, 0.29) is 11.6 Å². The molecule has 0 saturated carbocycles. The Hall–Kier alpha value is -3.67. The van der Waals surface area contributed by atoms with Crippen LogP contribution in [0, 0.1) is 11.6 Å². The molecule has 0 saturated heterocycles. The van der Waals surface area contributed by atoms with Crippen molar-refractivity contribution >= 4 is 5.95 Å². The molecular weight excluding hydrogens is 370 g/mol. The molecule has 0 bridgehead atoms. The van der Waals surface area contributed by atoms with Crippen LogP contribution in [-0.2, 0) is 6.42 Å². The molecule has 29 heavy (non-hydrogen) atoms. The van der Waals surface area contributed by atoms with Crippen molar-refractivity contribution in [2.24, 2.45) is 0 Å². The van der Waals surface area contributed by atoms with E-state index in [1.54, 1.807) is 42.9 Å². The highest BCUT2D eigenvalue weighted by atomic mass is 19.1. The number of hydrogen-bond acceptors (Lipinski definition) is 4. The van der Waals surface area contributed by atoms with Crippen LogP contribution < -0.4 is 5.32 Å². The summed E-state index contributed by atoms with van der Waals surface area (Å²) >= 11 is 0. The first-order valence-electron chi connectivity index (χ1n) is 9.21. The summed E-state index contributed by atoms with van der Waals surface area (Å²) in [7, 11) is 0. The van der Waals surface area contributed by atoms with Crippen LogP contribution in [0.5, 0.6) is 0 Å². The number of anilines is 1. The maximum atomic E-state index is 13.8. The molecule has 4 nitrogen and oxygen atoms in total. The molecule has 144 valence electrons. The van der Waals surface area contributed by atoms with Gasteiger partial charge in [-0.3, -0.25) is 4.98 Å². The van der Waals surface area contributed by atoms with Gasteiger partial charge in [-0.05, 0) is 47.9 Å². The van der Waals surface area contributed by atoms with E-state index in [9.17, 15) is 8.78 Å². The molecule has 6 heteroatoms. The zero-order valence-electron chi connectivity index (χ0n) is 15.5. The predicted octanol–water partition coefficient (Wildman–Crippen LogP) is 5.14. The molecule has 0 spiro atoms. The third kappa shape index (κ3) is 4.43. The number of nitrogens with zero attached hydrogens (tertiary/aromatic N) is 3. The van der Waals surface area contributed by atoms with E-state index in [1.807, 2.05) is 18.2 Å². The molecule has 2 heterocycles. The molecule has 0 atom stereocenters. The maximum Gasteiger partial charge on any atom is 0.223 e. The van der Waals surface area contributed by atoms with Gasteiger partial charge in [-0.15, -0.1) is 0 Å². The number of halogens is 2. The second kappa shape index (κ2) is 8.56. The van der Waals surface area contributed by atoms with Gasteiger partial charge in [0, 0.05) is 36.3 Å². The van der Waals surface area contributed by atoms with Crippen LogP contribution >= 0.6 is 0 Å². The molecule has 2 aromatic heterocycles. The van der Waals surface area contributed by atoms with Crippen molar-refractivity contribution in [3.05, 3.63) is 96.5 Å². The molecule has 0 fully saturated rings. The Morgan fingerprint density at radius 3 is 2.34 bits per heavy atom. The zero-order chi connectivity index (χ0) is 20.1. The van der Waals surface area contributed by atoms with E-state index in [0.29, 0.717) is 30.2 Å². The second-order valence-corrected chi connectivity index (χ2v) is 6.47. The van der Waals surface area contributed by atoms with Crippen LogP contribution in [0.1, 0.15) is 5.56 Å². The highest BCUT2D eigenvalue weighted by molar-refractivity contribution is 5.80. The van der Waals surface area contributed by atoms with Gasteiger partial charge >= 0.3 is 0 Å². The van der Waals surface area contributed by atoms with Crippen LogP contribution in [0.25, 0.3) is 22.4 Å². The summed E-state index contributed by atoms with van der Waals surface area (Å²) in [6.45, 7) is 0.493. The summed E-state index contributed by atoms with van der Waals surface area (Å²) in [5, 5.41) is 3.15. The Balaban J connectivity index is 1.61. The van der Waals surface area contributed by atoms with E-state index in [4.69, 9.17) is 0 Å². The highest BCUT2D eigenvalue weighted by Crippen LogP contribution is 2.30. The Kier molecular flexibility index (Phi) is 5.52. The first kappa shape index (κ1) is 18.7. The van der Waals surface area contributed by atoms with Gasteiger partial charge in [0.2, 0.25) is 5.95 Å². The van der Waals surface area contributed by atoms with Crippen molar-refractivity contribution in [1.82, 2.24) is 15.0 Å². The monoisotopic (exact) mass is 388 g/mol. The Labute approximate surface area is 167 Å². The molecule has 0 unspecified atom stereocenters. The third-order valence-corrected chi connectivity index (χ3v) is 4.53. The van der Waals surface area contributed by atoms with Gasteiger partial charge in [-0.1, -0.05) is 30.3 Å². The normalized spacial score (nSPS) is 10.7. The third-order valence-electron chi connectivity index (χ3n) is 4.53. The fourth-order valence-corrected chi connectivity index (χ4v) is 3.05. The fraction of sp³-hybridized carbons (Fsp3) is 0.0870. The number of nitrogens with one attached hydrogen (secondary N) is 1. The molecule has 0 radical (unpaired) electrons. The molecular formula is C23H18F2N4. The van der Waals surface area contributed by atoms with Gasteiger partial charge in [0.25, 0.3) is 0 Å². The van der Waals surface area contributed by atoms with E-state index in [2.05, 4.69) is 20.3 Å². The van der Waals surface area contributed by atoms with Crippen molar-refractivity contribution in [2.45, 2.75) is 6.42 Å². The number of benzene rings is 2.